The molecule has 3 aromatic heterocycles. The van der Waals surface area contributed by atoms with Crippen molar-refractivity contribution in [3.05, 3.63) is 205 Å². The molecule has 0 unspecified atom stereocenters. The highest BCUT2D eigenvalue weighted by Gasteiger charge is 2.35. The van der Waals surface area contributed by atoms with Crippen LogP contribution in [-0.4, -0.2) is 19.1 Å². The molecule has 0 saturated carbocycles. The van der Waals surface area contributed by atoms with Gasteiger partial charge in [0, 0.05) is 49.5 Å². The van der Waals surface area contributed by atoms with E-state index in [1.54, 1.807) is 12.1 Å². The highest BCUT2D eigenvalue weighted by Crippen LogP contribution is 2.46. The normalized spacial score (nSPS) is 12.5. The number of para-hydroxylation sites is 2. The molecule has 334 valence electrons. The summed E-state index contributed by atoms with van der Waals surface area (Å²) >= 11 is 0. The minimum absolute atomic E-state index is 0.0452. The minimum Gasteiger partial charge on any atom is -0.309 e. The second kappa shape index (κ2) is 15.9. The van der Waals surface area contributed by atoms with Gasteiger partial charge in [-0.1, -0.05) is 151 Å². The third kappa shape index (κ3) is 7.43. The Morgan fingerprint density at radius 2 is 0.868 bits per heavy atom. The maximum absolute atomic E-state index is 15.9. The smallest absolute Gasteiger partial charge is 0.309 e. The van der Waals surface area contributed by atoms with Crippen LogP contribution in [0.4, 0.5) is 13.2 Å². The first kappa shape index (κ1) is 42.8. The SMILES string of the molecule is CC(C)(C)c1ccc2c(c1)c1ccccc1n2-c1ccc(C(F)(F)F)c(-c2cc(-c3nc(-c4ccccc4)cc(-c4ccccc4)n3)ccc2-n2c3ccccc3c3cc(C(C)(C)C)ccc32)c1. The Morgan fingerprint density at radius 1 is 0.382 bits per heavy atom. The molecule has 0 spiro atoms. The molecule has 4 nitrogen and oxygen atoms in total. The summed E-state index contributed by atoms with van der Waals surface area (Å²) in [5.41, 5.74) is 10.4. The lowest BCUT2D eigenvalue weighted by atomic mass is 9.86. The Bertz CT molecular complexity index is 3680. The van der Waals surface area contributed by atoms with E-state index < -0.39 is 11.7 Å². The minimum atomic E-state index is -4.70. The Labute approximate surface area is 394 Å². The first-order valence-electron chi connectivity index (χ1n) is 23.1. The molecule has 0 atom stereocenters. The number of benzene rings is 8. The second-order valence-corrected chi connectivity index (χ2v) is 19.8. The van der Waals surface area contributed by atoms with Crippen LogP contribution in [0.5, 0.6) is 0 Å². The van der Waals surface area contributed by atoms with Gasteiger partial charge in [0.1, 0.15) is 0 Å². The highest BCUT2D eigenvalue weighted by molar-refractivity contribution is 6.11. The van der Waals surface area contributed by atoms with Crippen LogP contribution in [0, 0.1) is 0 Å². The zero-order valence-electron chi connectivity index (χ0n) is 38.8. The van der Waals surface area contributed by atoms with Crippen LogP contribution >= 0.6 is 0 Å². The van der Waals surface area contributed by atoms with Gasteiger partial charge in [0.05, 0.1) is 44.7 Å². The zero-order chi connectivity index (χ0) is 47.1. The fourth-order valence-electron chi connectivity index (χ4n) is 9.73. The van der Waals surface area contributed by atoms with Crippen molar-refractivity contribution < 1.29 is 13.2 Å². The summed E-state index contributed by atoms with van der Waals surface area (Å²) in [6, 6.07) is 61.3. The maximum atomic E-state index is 15.9. The predicted octanol–water partition coefficient (Wildman–Crippen LogP) is 17.0. The molecule has 7 heteroatoms. The van der Waals surface area contributed by atoms with Crippen molar-refractivity contribution in [2.75, 3.05) is 0 Å². The van der Waals surface area contributed by atoms with Crippen LogP contribution in [0.1, 0.15) is 58.2 Å². The molecule has 0 aliphatic heterocycles. The summed E-state index contributed by atoms with van der Waals surface area (Å²) in [6.45, 7) is 13.1. The van der Waals surface area contributed by atoms with Gasteiger partial charge < -0.3 is 9.13 Å². The van der Waals surface area contributed by atoms with Gasteiger partial charge in [-0.2, -0.15) is 13.2 Å². The van der Waals surface area contributed by atoms with E-state index in [1.165, 1.54) is 17.2 Å². The molecule has 0 aliphatic carbocycles. The van der Waals surface area contributed by atoms with Gasteiger partial charge in [0.15, 0.2) is 5.82 Å². The standard InChI is InChI=1S/C61H49F3N4/c1-59(2,3)41-26-31-55-48(34-41)44-21-13-15-23-53(44)67(55)43-28-29-50(61(62,63)64)46(36-43)47-33-40(58-65-51(38-17-9-7-10-18-38)37-52(66-58)39-19-11-8-12-20-39)25-30-56(47)68-54-24-16-14-22-45(54)49-35-42(60(4,5)6)27-32-57(49)68/h7-37H,1-6H3. The number of hydrogen-bond donors (Lipinski definition) is 0. The molecular weight excluding hydrogens is 846 g/mol. The number of aromatic nitrogens is 4. The third-order valence-corrected chi connectivity index (χ3v) is 13.3. The monoisotopic (exact) mass is 894 g/mol. The number of rotatable bonds is 6. The van der Waals surface area contributed by atoms with Crippen LogP contribution < -0.4 is 0 Å². The van der Waals surface area contributed by atoms with Crippen molar-refractivity contribution in [3.63, 3.8) is 0 Å². The van der Waals surface area contributed by atoms with Gasteiger partial charge >= 0.3 is 6.18 Å². The molecule has 0 amide bonds. The molecule has 0 bridgehead atoms. The average molecular weight is 895 g/mol. The van der Waals surface area contributed by atoms with E-state index in [1.807, 2.05) is 121 Å². The van der Waals surface area contributed by atoms with Crippen molar-refractivity contribution in [3.8, 4) is 56.4 Å². The Hall–Kier alpha value is -7.77. The Morgan fingerprint density at radius 3 is 1.40 bits per heavy atom. The third-order valence-electron chi connectivity index (χ3n) is 13.3. The molecule has 11 rings (SSSR count). The van der Waals surface area contributed by atoms with Gasteiger partial charge in [-0.15, -0.1) is 0 Å². The quantitative estimate of drug-likeness (QED) is 0.167. The van der Waals surface area contributed by atoms with Crippen molar-refractivity contribution in [1.29, 1.82) is 0 Å². The van der Waals surface area contributed by atoms with Crippen LogP contribution in [0.3, 0.4) is 0 Å². The highest BCUT2D eigenvalue weighted by atomic mass is 19.4. The molecule has 0 N–H and O–H groups in total. The average Bonchev–Trinajstić information content (AvgIpc) is 3.85. The van der Waals surface area contributed by atoms with Gasteiger partial charge in [-0.25, -0.2) is 9.97 Å². The largest absolute Gasteiger partial charge is 0.417 e. The lowest BCUT2D eigenvalue weighted by molar-refractivity contribution is -0.137. The van der Waals surface area contributed by atoms with Crippen molar-refractivity contribution >= 4 is 43.6 Å². The molecule has 68 heavy (non-hydrogen) atoms. The number of halogens is 3. The number of alkyl halides is 3. The lowest BCUT2D eigenvalue weighted by Crippen LogP contribution is -2.11. The number of fused-ring (bicyclic) bond motifs is 6. The van der Waals surface area contributed by atoms with Crippen LogP contribution in [0.15, 0.2) is 188 Å². The van der Waals surface area contributed by atoms with Crippen LogP contribution in [0.2, 0.25) is 0 Å². The van der Waals surface area contributed by atoms with Gasteiger partial charge in [-0.3, -0.25) is 0 Å². The summed E-state index contributed by atoms with van der Waals surface area (Å²) < 4.78 is 51.8. The van der Waals surface area contributed by atoms with Crippen LogP contribution in [-0.2, 0) is 17.0 Å². The molecule has 3 heterocycles. The van der Waals surface area contributed by atoms with Gasteiger partial charge in [0.2, 0.25) is 0 Å². The summed E-state index contributed by atoms with van der Waals surface area (Å²) in [5, 5.41) is 4.11. The van der Waals surface area contributed by atoms with Gasteiger partial charge in [-0.05, 0) is 106 Å². The number of nitrogens with zero attached hydrogens (tertiary/aromatic N) is 4. The zero-order valence-corrected chi connectivity index (χ0v) is 38.8. The fraction of sp³-hybridized carbons (Fsp3) is 0.148. The predicted molar refractivity (Wildman–Crippen MR) is 275 cm³/mol. The van der Waals surface area contributed by atoms with E-state index >= 15 is 13.2 Å². The van der Waals surface area contributed by atoms with Crippen molar-refractivity contribution in [2.45, 2.75) is 58.5 Å². The Balaban J connectivity index is 1.23. The van der Waals surface area contributed by atoms with E-state index in [0.717, 1.165) is 54.7 Å². The molecule has 8 aromatic carbocycles. The van der Waals surface area contributed by atoms with E-state index in [4.69, 9.17) is 9.97 Å². The summed E-state index contributed by atoms with van der Waals surface area (Å²) in [5.74, 6) is 0.400. The molecule has 0 aliphatic rings. The maximum Gasteiger partial charge on any atom is 0.417 e. The van der Waals surface area contributed by atoms with Crippen molar-refractivity contribution in [2.24, 2.45) is 0 Å². The summed E-state index contributed by atoms with van der Waals surface area (Å²) in [4.78, 5) is 10.3. The number of hydrogen-bond acceptors (Lipinski definition) is 2. The second-order valence-electron chi connectivity index (χ2n) is 19.8. The first-order valence-corrected chi connectivity index (χ1v) is 23.1. The molecule has 11 aromatic rings. The summed E-state index contributed by atoms with van der Waals surface area (Å²) in [6.07, 6.45) is -4.70. The van der Waals surface area contributed by atoms with Crippen molar-refractivity contribution in [1.82, 2.24) is 19.1 Å². The molecule has 0 saturated heterocycles. The molecular formula is C61H49F3N4. The van der Waals surface area contributed by atoms with Gasteiger partial charge in [0.25, 0.3) is 0 Å². The lowest BCUT2D eigenvalue weighted by Gasteiger charge is -2.21. The van der Waals surface area contributed by atoms with E-state index in [2.05, 4.69) is 99.2 Å². The fourth-order valence-corrected chi connectivity index (χ4v) is 9.73. The topological polar surface area (TPSA) is 35.6 Å². The van der Waals surface area contributed by atoms with E-state index in [9.17, 15) is 0 Å². The van der Waals surface area contributed by atoms with Crippen LogP contribution in [0.25, 0.3) is 100 Å². The first-order chi connectivity index (χ1) is 32.6. The molecule has 0 fully saturated rings. The molecule has 0 radical (unpaired) electrons. The Kier molecular flexibility index (Phi) is 10.0. The van der Waals surface area contributed by atoms with E-state index in [0.29, 0.717) is 39.7 Å². The van der Waals surface area contributed by atoms with E-state index in [-0.39, 0.29) is 16.4 Å². The summed E-state index contributed by atoms with van der Waals surface area (Å²) in [7, 11) is 0.